The molecule has 0 fully saturated rings. The third-order valence-electron chi connectivity index (χ3n) is 3.23. The van der Waals surface area contributed by atoms with Crippen molar-refractivity contribution in [3.05, 3.63) is 47.1 Å². The van der Waals surface area contributed by atoms with Gasteiger partial charge in [-0.05, 0) is 30.2 Å². The van der Waals surface area contributed by atoms with E-state index >= 15 is 0 Å². The van der Waals surface area contributed by atoms with Gasteiger partial charge in [0.2, 0.25) is 0 Å². The summed E-state index contributed by atoms with van der Waals surface area (Å²) >= 11 is 12.2. The Bertz CT molecular complexity index is 619. The number of para-hydroxylation sites is 2. The van der Waals surface area contributed by atoms with Crippen molar-refractivity contribution in [2.75, 3.05) is 18.1 Å². The molecule has 0 saturated heterocycles. The summed E-state index contributed by atoms with van der Waals surface area (Å²) in [5.74, 6) is 2.02. The number of alkyl halides is 1. The van der Waals surface area contributed by atoms with Crippen LogP contribution < -0.4 is 9.64 Å². The quantitative estimate of drug-likeness (QED) is 0.769. The third kappa shape index (κ3) is 2.56. The predicted octanol–water partition coefficient (Wildman–Crippen LogP) is 4.39. The number of ether oxygens (including phenoxy) is 1. The van der Waals surface area contributed by atoms with Crippen molar-refractivity contribution in [3.63, 3.8) is 0 Å². The molecule has 1 aliphatic heterocycles. The zero-order valence-electron chi connectivity index (χ0n) is 10.9. The highest BCUT2D eigenvalue weighted by Crippen LogP contribution is 2.37. The molecule has 2 aromatic rings. The number of nitrogens with zero attached hydrogens (tertiary/aromatic N) is 2. The summed E-state index contributed by atoms with van der Waals surface area (Å²) in [7, 11) is 0. The Morgan fingerprint density at radius 1 is 1.30 bits per heavy atom. The average Bonchev–Trinajstić information content (AvgIpc) is 2.69. The molecule has 1 aliphatic rings. The van der Waals surface area contributed by atoms with Crippen LogP contribution in [0.1, 0.15) is 12.0 Å². The molecule has 0 saturated carbocycles. The molecule has 0 bridgehead atoms. The predicted molar refractivity (Wildman–Crippen MR) is 82.4 cm³/mol. The second-order valence-corrected chi connectivity index (χ2v) is 5.28. The van der Waals surface area contributed by atoms with Gasteiger partial charge in [0.15, 0.2) is 5.82 Å². The molecule has 2 heterocycles. The first-order valence-corrected chi connectivity index (χ1v) is 7.40. The zero-order valence-corrected chi connectivity index (χ0v) is 12.4. The number of rotatable bonds is 2. The Morgan fingerprint density at radius 3 is 2.95 bits per heavy atom. The number of hydrogen-bond donors (Lipinski definition) is 0. The summed E-state index contributed by atoms with van der Waals surface area (Å²) in [6, 6.07) is 9.81. The van der Waals surface area contributed by atoms with E-state index in [1.54, 1.807) is 6.20 Å². The summed E-state index contributed by atoms with van der Waals surface area (Å²) in [6.07, 6.45) is 2.69. The Balaban J connectivity index is 2.05. The van der Waals surface area contributed by atoms with Crippen LogP contribution in [-0.2, 0) is 5.88 Å². The van der Waals surface area contributed by atoms with Crippen LogP contribution in [0.5, 0.6) is 5.75 Å². The maximum Gasteiger partial charge on any atom is 0.151 e. The number of pyridine rings is 1. The van der Waals surface area contributed by atoms with E-state index < -0.39 is 0 Å². The monoisotopic (exact) mass is 308 g/mol. The maximum absolute atomic E-state index is 6.36. The molecular formula is C15H14Cl2N2O. The Hall–Kier alpha value is -1.45. The summed E-state index contributed by atoms with van der Waals surface area (Å²) in [5, 5.41) is 0.611. The van der Waals surface area contributed by atoms with Gasteiger partial charge in [0.1, 0.15) is 5.75 Å². The van der Waals surface area contributed by atoms with Crippen LogP contribution in [0, 0.1) is 0 Å². The van der Waals surface area contributed by atoms with Crippen molar-refractivity contribution >= 4 is 34.7 Å². The normalized spacial score (nSPS) is 14.4. The molecule has 3 rings (SSSR count). The first-order valence-electron chi connectivity index (χ1n) is 6.49. The molecule has 0 unspecified atom stereocenters. The Morgan fingerprint density at radius 2 is 2.15 bits per heavy atom. The van der Waals surface area contributed by atoms with E-state index in [-0.39, 0.29) is 0 Å². The second kappa shape index (κ2) is 5.90. The van der Waals surface area contributed by atoms with Crippen molar-refractivity contribution in [2.24, 2.45) is 0 Å². The number of aromatic nitrogens is 1. The van der Waals surface area contributed by atoms with Gasteiger partial charge in [0, 0.05) is 18.6 Å². The topological polar surface area (TPSA) is 25.4 Å². The fraction of sp³-hybridized carbons (Fsp3) is 0.267. The van der Waals surface area contributed by atoms with Gasteiger partial charge in [-0.3, -0.25) is 0 Å². The number of hydrogen-bond acceptors (Lipinski definition) is 3. The van der Waals surface area contributed by atoms with E-state index in [1.165, 1.54) is 0 Å². The van der Waals surface area contributed by atoms with E-state index in [2.05, 4.69) is 9.88 Å². The highest BCUT2D eigenvalue weighted by Gasteiger charge is 2.20. The number of halogens is 2. The van der Waals surface area contributed by atoms with Crippen LogP contribution in [0.2, 0.25) is 5.02 Å². The SMILES string of the molecule is ClCc1cnc(N2CCCOc3ccccc32)c(Cl)c1. The van der Waals surface area contributed by atoms with Crippen LogP contribution in [0.15, 0.2) is 36.5 Å². The lowest BCUT2D eigenvalue weighted by Crippen LogP contribution is -2.19. The van der Waals surface area contributed by atoms with E-state index in [0.717, 1.165) is 35.8 Å². The zero-order chi connectivity index (χ0) is 13.9. The Labute approximate surface area is 128 Å². The van der Waals surface area contributed by atoms with Gasteiger partial charge in [0.05, 0.1) is 17.3 Å². The highest BCUT2D eigenvalue weighted by molar-refractivity contribution is 6.33. The molecule has 0 N–H and O–H groups in total. The Kier molecular flexibility index (Phi) is 3.99. The number of fused-ring (bicyclic) bond motifs is 1. The molecule has 0 aliphatic carbocycles. The average molecular weight is 309 g/mol. The fourth-order valence-corrected chi connectivity index (χ4v) is 2.73. The molecule has 0 atom stereocenters. The lowest BCUT2D eigenvalue weighted by molar-refractivity contribution is 0.322. The standard InChI is InChI=1S/C15H14Cl2N2O/c16-9-11-8-12(17)15(18-10-11)19-6-3-7-20-14-5-2-1-4-13(14)19/h1-2,4-5,8,10H,3,6-7,9H2. The van der Waals surface area contributed by atoms with E-state index in [4.69, 9.17) is 27.9 Å². The van der Waals surface area contributed by atoms with E-state index in [9.17, 15) is 0 Å². The lowest BCUT2D eigenvalue weighted by Gasteiger charge is -2.23. The molecule has 104 valence electrons. The van der Waals surface area contributed by atoms with Gasteiger partial charge in [-0.1, -0.05) is 23.7 Å². The maximum atomic E-state index is 6.36. The van der Waals surface area contributed by atoms with Crippen molar-refractivity contribution in [2.45, 2.75) is 12.3 Å². The molecule has 1 aromatic heterocycles. The molecule has 0 radical (unpaired) electrons. The minimum atomic E-state index is 0.409. The largest absolute Gasteiger partial charge is 0.491 e. The summed E-state index contributed by atoms with van der Waals surface area (Å²) in [6.45, 7) is 1.52. The van der Waals surface area contributed by atoms with Gasteiger partial charge in [-0.15, -0.1) is 11.6 Å². The van der Waals surface area contributed by atoms with Crippen molar-refractivity contribution in [1.29, 1.82) is 0 Å². The van der Waals surface area contributed by atoms with Crippen LogP contribution in [0.3, 0.4) is 0 Å². The molecule has 3 nitrogen and oxygen atoms in total. The van der Waals surface area contributed by atoms with Crippen molar-refractivity contribution < 1.29 is 4.74 Å². The van der Waals surface area contributed by atoms with Gasteiger partial charge in [0.25, 0.3) is 0 Å². The van der Waals surface area contributed by atoms with E-state index in [0.29, 0.717) is 17.5 Å². The summed E-state index contributed by atoms with van der Waals surface area (Å²) in [5.41, 5.74) is 1.91. The molecule has 0 amide bonds. The minimum Gasteiger partial charge on any atom is -0.491 e. The molecule has 5 heteroatoms. The smallest absolute Gasteiger partial charge is 0.151 e. The second-order valence-electron chi connectivity index (χ2n) is 4.60. The fourth-order valence-electron chi connectivity index (χ4n) is 2.29. The number of anilines is 2. The van der Waals surface area contributed by atoms with Crippen LogP contribution in [0.4, 0.5) is 11.5 Å². The van der Waals surface area contributed by atoms with Crippen LogP contribution in [0.25, 0.3) is 0 Å². The van der Waals surface area contributed by atoms with Crippen LogP contribution >= 0.6 is 23.2 Å². The minimum absolute atomic E-state index is 0.409. The lowest BCUT2D eigenvalue weighted by atomic mass is 10.2. The first kappa shape index (κ1) is 13.5. The summed E-state index contributed by atoms with van der Waals surface area (Å²) < 4.78 is 5.75. The number of benzene rings is 1. The molecule has 1 aromatic carbocycles. The van der Waals surface area contributed by atoms with Gasteiger partial charge in [-0.2, -0.15) is 0 Å². The first-order chi connectivity index (χ1) is 9.79. The van der Waals surface area contributed by atoms with Crippen LogP contribution in [-0.4, -0.2) is 18.1 Å². The van der Waals surface area contributed by atoms with Crippen molar-refractivity contribution in [1.82, 2.24) is 4.98 Å². The van der Waals surface area contributed by atoms with Crippen molar-refractivity contribution in [3.8, 4) is 5.75 Å². The highest BCUT2D eigenvalue weighted by atomic mass is 35.5. The molecule has 0 spiro atoms. The summed E-state index contributed by atoms with van der Waals surface area (Å²) in [4.78, 5) is 6.57. The molecule has 20 heavy (non-hydrogen) atoms. The van der Waals surface area contributed by atoms with E-state index in [1.807, 2.05) is 30.3 Å². The van der Waals surface area contributed by atoms with Gasteiger partial charge in [-0.25, -0.2) is 4.98 Å². The third-order valence-corrected chi connectivity index (χ3v) is 3.81. The van der Waals surface area contributed by atoms with Gasteiger partial charge >= 0.3 is 0 Å². The van der Waals surface area contributed by atoms with Gasteiger partial charge < -0.3 is 9.64 Å². The molecular weight excluding hydrogens is 295 g/mol.